The van der Waals surface area contributed by atoms with Crippen molar-refractivity contribution in [3.05, 3.63) is 77.1 Å². The lowest BCUT2D eigenvalue weighted by Crippen LogP contribution is -2.13. The van der Waals surface area contributed by atoms with E-state index in [1.165, 1.54) is 18.2 Å². The number of carbonyl (C=O) groups excluding carboxylic acids is 1. The molecule has 0 saturated heterocycles. The van der Waals surface area contributed by atoms with Gasteiger partial charge in [0.1, 0.15) is 5.82 Å². The minimum atomic E-state index is -0.599. The molecule has 1 amide bonds. The van der Waals surface area contributed by atoms with E-state index in [-0.39, 0.29) is 5.56 Å². The normalized spacial score (nSPS) is 10.6. The first-order valence-corrected chi connectivity index (χ1v) is 6.76. The van der Waals surface area contributed by atoms with Crippen LogP contribution in [0.15, 0.2) is 60.7 Å². The van der Waals surface area contributed by atoms with Gasteiger partial charge in [-0.25, -0.2) is 4.39 Å². The SMILES string of the molecule is O=C(Nc1ccc2ccccc2c1)c1cc(Cl)ccc1F. The predicted molar refractivity (Wildman–Crippen MR) is 83.3 cm³/mol. The summed E-state index contributed by atoms with van der Waals surface area (Å²) < 4.78 is 13.7. The third-order valence-electron chi connectivity index (χ3n) is 3.18. The molecule has 3 rings (SSSR count). The van der Waals surface area contributed by atoms with Crippen LogP contribution in [0.2, 0.25) is 5.02 Å². The Morgan fingerprint density at radius 2 is 1.71 bits per heavy atom. The molecular formula is C17H11ClFNO. The molecule has 0 bridgehead atoms. The smallest absolute Gasteiger partial charge is 0.258 e. The molecule has 4 heteroatoms. The molecule has 0 aliphatic carbocycles. The summed E-state index contributed by atoms with van der Waals surface area (Å²) >= 11 is 5.80. The summed E-state index contributed by atoms with van der Waals surface area (Å²) in [5.41, 5.74) is 0.536. The number of fused-ring (bicyclic) bond motifs is 1. The molecule has 3 aromatic rings. The van der Waals surface area contributed by atoms with Crippen LogP contribution in [0, 0.1) is 5.82 Å². The van der Waals surface area contributed by atoms with Crippen LogP contribution in [-0.2, 0) is 0 Å². The van der Waals surface area contributed by atoms with E-state index in [9.17, 15) is 9.18 Å². The molecule has 0 fully saturated rings. The average molecular weight is 300 g/mol. The van der Waals surface area contributed by atoms with E-state index in [1.807, 2.05) is 36.4 Å². The van der Waals surface area contributed by atoms with Gasteiger partial charge in [-0.3, -0.25) is 4.79 Å². The van der Waals surface area contributed by atoms with Crippen LogP contribution < -0.4 is 5.32 Å². The molecule has 0 aliphatic heterocycles. The van der Waals surface area contributed by atoms with Gasteiger partial charge in [0, 0.05) is 10.7 Å². The number of amides is 1. The van der Waals surface area contributed by atoms with Crippen LogP contribution in [-0.4, -0.2) is 5.91 Å². The van der Waals surface area contributed by atoms with Gasteiger partial charge >= 0.3 is 0 Å². The maximum atomic E-state index is 13.7. The number of hydrogen-bond donors (Lipinski definition) is 1. The topological polar surface area (TPSA) is 29.1 Å². The van der Waals surface area contributed by atoms with Gasteiger partial charge < -0.3 is 5.32 Å². The summed E-state index contributed by atoms with van der Waals surface area (Å²) in [6, 6.07) is 17.2. The molecule has 2 nitrogen and oxygen atoms in total. The first-order chi connectivity index (χ1) is 10.1. The molecule has 0 heterocycles. The minimum Gasteiger partial charge on any atom is -0.322 e. The molecule has 0 atom stereocenters. The Labute approximate surface area is 126 Å². The van der Waals surface area contributed by atoms with Crippen LogP contribution >= 0.6 is 11.6 Å². The highest BCUT2D eigenvalue weighted by molar-refractivity contribution is 6.31. The molecule has 21 heavy (non-hydrogen) atoms. The summed E-state index contributed by atoms with van der Waals surface area (Å²) in [4.78, 5) is 12.1. The quantitative estimate of drug-likeness (QED) is 0.717. The van der Waals surface area contributed by atoms with E-state index in [4.69, 9.17) is 11.6 Å². The zero-order valence-electron chi connectivity index (χ0n) is 10.9. The molecule has 3 aromatic carbocycles. The van der Waals surface area contributed by atoms with Gasteiger partial charge in [-0.1, -0.05) is 41.9 Å². The van der Waals surface area contributed by atoms with Crippen molar-refractivity contribution in [3.8, 4) is 0 Å². The van der Waals surface area contributed by atoms with E-state index in [1.54, 1.807) is 6.07 Å². The lowest BCUT2D eigenvalue weighted by molar-refractivity contribution is 0.102. The van der Waals surface area contributed by atoms with Crippen LogP contribution in [0.4, 0.5) is 10.1 Å². The second-order valence-electron chi connectivity index (χ2n) is 4.64. The number of anilines is 1. The molecule has 0 aliphatic rings. The van der Waals surface area contributed by atoms with Crippen molar-refractivity contribution >= 4 is 34.0 Å². The summed E-state index contributed by atoms with van der Waals surface area (Å²) in [6.45, 7) is 0. The molecule has 0 radical (unpaired) electrons. The van der Waals surface area contributed by atoms with Crippen LogP contribution in [0.1, 0.15) is 10.4 Å². The van der Waals surface area contributed by atoms with Gasteiger partial charge in [0.05, 0.1) is 5.56 Å². The Bertz CT molecular complexity index is 832. The van der Waals surface area contributed by atoms with Crippen molar-refractivity contribution < 1.29 is 9.18 Å². The van der Waals surface area contributed by atoms with Crippen molar-refractivity contribution in [2.75, 3.05) is 5.32 Å². The monoisotopic (exact) mass is 299 g/mol. The van der Waals surface area contributed by atoms with Crippen molar-refractivity contribution in [1.82, 2.24) is 0 Å². The van der Waals surface area contributed by atoms with E-state index in [0.717, 1.165) is 10.8 Å². The Balaban J connectivity index is 1.90. The molecule has 0 spiro atoms. The predicted octanol–water partition coefficient (Wildman–Crippen LogP) is 4.88. The average Bonchev–Trinajstić information content (AvgIpc) is 2.49. The maximum Gasteiger partial charge on any atom is 0.258 e. The van der Waals surface area contributed by atoms with E-state index in [0.29, 0.717) is 10.7 Å². The Morgan fingerprint density at radius 1 is 0.952 bits per heavy atom. The molecule has 104 valence electrons. The van der Waals surface area contributed by atoms with E-state index >= 15 is 0 Å². The van der Waals surface area contributed by atoms with Crippen molar-refractivity contribution in [2.45, 2.75) is 0 Å². The fraction of sp³-hybridized carbons (Fsp3) is 0. The van der Waals surface area contributed by atoms with Crippen molar-refractivity contribution in [2.24, 2.45) is 0 Å². The summed E-state index contributed by atoms with van der Waals surface area (Å²) in [5.74, 6) is -1.12. The molecular weight excluding hydrogens is 289 g/mol. The number of nitrogens with one attached hydrogen (secondary N) is 1. The van der Waals surface area contributed by atoms with Gasteiger partial charge in [0.25, 0.3) is 5.91 Å². The number of halogens is 2. The largest absolute Gasteiger partial charge is 0.322 e. The second-order valence-corrected chi connectivity index (χ2v) is 5.08. The lowest BCUT2D eigenvalue weighted by Gasteiger charge is -2.07. The third kappa shape index (κ3) is 2.88. The van der Waals surface area contributed by atoms with Gasteiger partial charge in [-0.15, -0.1) is 0 Å². The molecule has 1 N–H and O–H groups in total. The maximum absolute atomic E-state index is 13.7. The Kier molecular flexibility index (Phi) is 3.59. The highest BCUT2D eigenvalue weighted by atomic mass is 35.5. The van der Waals surface area contributed by atoms with E-state index in [2.05, 4.69) is 5.32 Å². The molecule has 0 saturated carbocycles. The highest BCUT2D eigenvalue weighted by Crippen LogP contribution is 2.21. The standard InChI is InChI=1S/C17H11ClFNO/c18-13-6-8-16(19)15(10-13)17(21)20-14-7-5-11-3-1-2-4-12(11)9-14/h1-10H,(H,20,21). The number of hydrogen-bond acceptors (Lipinski definition) is 1. The lowest BCUT2D eigenvalue weighted by atomic mass is 10.1. The highest BCUT2D eigenvalue weighted by Gasteiger charge is 2.12. The van der Waals surface area contributed by atoms with E-state index < -0.39 is 11.7 Å². The number of carbonyl (C=O) groups is 1. The van der Waals surface area contributed by atoms with Gasteiger partial charge in [-0.2, -0.15) is 0 Å². The van der Waals surface area contributed by atoms with Crippen LogP contribution in [0.25, 0.3) is 10.8 Å². The van der Waals surface area contributed by atoms with Crippen LogP contribution in [0.3, 0.4) is 0 Å². The Morgan fingerprint density at radius 3 is 2.52 bits per heavy atom. The fourth-order valence-corrected chi connectivity index (χ4v) is 2.31. The van der Waals surface area contributed by atoms with Gasteiger partial charge in [0.2, 0.25) is 0 Å². The number of rotatable bonds is 2. The summed E-state index contributed by atoms with van der Waals surface area (Å²) in [7, 11) is 0. The zero-order chi connectivity index (χ0) is 14.8. The Hall–Kier alpha value is -2.39. The minimum absolute atomic E-state index is 0.0735. The summed E-state index contributed by atoms with van der Waals surface area (Å²) in [5, 5.41) is 5.08. The van der Waals surface area contributed by atoms with Crippen LogP contribution in [0.5, 0.6) is 0 Å². The second kappa shape index (κ2) is 5.54. The fourth-order valence-electron chi connectivity index (χ4n) is 2.14. The third-order valence-corrected chi connectivity index (χ3v) is 3.42. The van der Waals surface area contributed by atoms with Crippen molar-refractivity contribution in [1.29, 1.82) is 0 Å². The molecule has 0 unspecified atom stereocenters. The van der Waals surface area contributed by atoms with Gasteiger partial charge in [0.15, 0.2) is 0 Å². The molecule has 0 aromatic heterocycles. The first kappa shape index (κ1) is 13.6. The van der Waals surface area contributed by atoms with Crippen molar-refractivity contribution in [3.63, 3.8) is 0 Å². The first-order valence-electron chi connectivity index (χ1n) is 6.39. The zero-order valence-corrected chi connectivity index (χ0v) is 11.7. The number of benzene rings is 3. The van der Waals surface area contributed by atoms with Gasteiger partial charge in [-0.05, 0) is 41.1 Å². The summed E-state index contributed by atoms with van der Waals surface area (Å²) in [6.07, 6.45) is 0.